The van der Waals surface area contributed by atoms with Crippen LogP contribution in [0.25, 0.3) is 0 Å². The second-order valence-electron chi connectivity index (χ2n) is 11.4. The van der Waals surface area contributed by atoms with Gasteiger partial charge in [0.15, 0.2) is 0 Å². The molecule has 1 aliphatic heterocycles. The number of nitrogens with zero attached hydrogens (tertiary/aromatic N) is 2. The van der Waals surface area contributed by atoms with Gasteiger partial charge in [0.05, 0.1) is 22.7 Å². The van der Waals surface area contributed by atoms with Crippen LogP contribution in [0.5, 0.6) is 5.75 Å². The van der Waals surface area contributed by atoms with E-state index in [1.54, 1.807) is 19.2 Å². The fourth-order valence-corrected chi connectivity index (χ4v) is 6.22. The van der Waals surface area contributed by atoms with Crippen LogP contribution in [0, 0.1) is 0 Å². The predicted molar refractivity (Wildman–Crippen MR) is 158 cm³/mol. The molecule has 0 spiro atoms. The number of anilines is 1. The Hall–Kier alpha value is -2.58. The van der Waals surface area contributed by atoms with Crippen LogP contribution in [0.2, 0.25) is 5.02 Å². The Morgan fingerprint density at radius 3 is 2.31 bits per heavy atom. The van der Waals surface area contributed by atoms with E-state index in [1.165, 1.54) is 6.07 Å². The molecular weight excluding hydrogens is 597 g/mol. The molecule has 9 nitrogen and oxygen atoms in total. The van der Waals surface area contributed by atoms with Gasteiger partial charge >= 0.3 is 12.1 Å². The summed E-state index contributed by atoms with van der Waals surface area (Å²) in [7, 11) is 0.00810. The average Bonchev–Trinajstić information content (AvgIpc) is 2.86. The number of para-hydroxylation sites is 1. The van der Waals surface area contributed by atoms with Crippen LogP contribution in [0.4, 0.5) is 18.9 Å². The first-order chi connectivity index (χ1) is 19.3. The number of carboxylic acids is 1. The molecule has 14 heteroatoms. The number of nitrogens with one attached hydrogen (secondary N) is 2. The molecule has 0 bridgehead atoms. The molecule has 1 heterocycles. The molecule has 1 aliphatic rings. The number of sulfonamides is 1. The minimum Gasteiger partial charge on any atom is -0.496 e. The molecule has 3 rings (SSSR count). The van der Waals surface area contributed by atoms with Gasteiger partial charge in [0, 0.05) is 43.8 Å². The zero-order valence-electron chi connectivity index (χ0n) is 24.7. The van der Waals surface area contributed by atoms with Gasteiger partial charge in [-0.1, -0.05) is 29.8 Å². The molecule has 1 fully saturated rings. The maximum Gasteiger partial charge on any atom is 0.490 e. The first kappa shape index (κ1) is 35.6. The number of methoxy groups -OCH3 is 1. The van der Waals surface area contributed by atoms with Crippen molar-refractivity contribution in [3.8, 4) is 5.75 Å². The van der Waals surface area contributed by atoms with Crippen LogP contribution >= 0.6 is 11.6 Å². The fraction of sp³-hybridized carbons (Fsp3) is 0.536. The average molecular weight is 637 g/mol. The van der Waals surface area contributed by atoms with E-state index in [2.05, 4.69) is 40.7 Å². The van der Waals surface area contributed by atoms with E-state index in [1.807, 2.05) is 38.1 Å². The van der Waals surface area contributed by atoms with E-state index in [4.69, 9.17) is 26.2 Å². The number of likely N-dealkylation sites (N-methyl/N-ethyl adjacent to an activating group) is 1. The zero-order valence-corrected chi connectivity index (χ0v) is 26.3. The van der Waals surface area contributed by atoms with E-state index in [0.717, 1.165) is 49.7 Å². The van der Waals surface area contributed by atoms with Crippen LogP contribution in [0.1, 0.15) is 33.3 Å². The van der Waals surface area contributed by atoms with Crippen molar-refractivity contribution in [2.45, 2.75) is 56.3 Å². The van der Waals surface area contributed by atoms with Gasteiger partial charge in [-0.3, -0.25) is 9.80 Å². The summed E-state index contributed by atoms with van der Waals surface area (Å²) in [6.07, 6.45) is -4.60. The van der Waals surface area contributed by atoms with E-state index < -0.39 is 27.7 Å². The van der Waals surface area contributed by atoms with E-state index in [0.29, 0.717) is 11.4 Å². The summed E-state index contributed by atoms with van der Waals surface area (Å²) in [6, 6.07) is 12.4. The third-order valence-electron chi connectivity index (χ3n) is 6.87. The number of rotatable bonds is 10. The normalized spacial score (nSPS) is 16.3. The number of halogens is 4. The van der Waals surface area contributed by atoms with Crippen molar-refractivity contribution in [1.29, 1.82) is 0 Å². The Morgan fingerprint density at radius 2 is 1.76 bits per heavy atom. The summed E-state index contributed by atoms with van der Waals surface area (Å²) in [5.74, 6) is -2.02. The molecule has 3 N–H and O–H groups in total. The van der Waals surface area contributed by atoms with Gasteiger partial charge < -0.3 is 15.2 Å². The third-order valence-corrected chi connectivity index (χ3v) is 8.88. The molecule has 0 atom stereocenters. The number of ether oxygens (including phenoxy) is 1. The summed E-state index contributed by atoms with van der Waals surface area (Å²) in [5.41, 5.74) is 1.09. The van der Waals surface area contributed by atoms with Crippen molar-refractivity contribution >= 4 is 33.3 Å². The number of benzene rings is 2. The highest BCUT2D eigenvalue weighted by molar-refractivity contribution is 7.89. The molecule has 0 unspecified atom stereocenters. The first-order valence-electron chi connectivity index (χ1n) is 13.2. The van der Waals surface area contributed by atoms with Crippen molar-refractivity contribution < 1.29 is 36.2 Å². The van der Waals surface area contributed by atoms with Crippen molar-refractivity contribution in [1.82, 2.24) is 14.5 Å². The van der Waals surface area contributed by atoms with Gasteiger partial charge in [-0.2, -0.15) is 13.2 Å². The number of aliphatic carboxylic acids is 1. The van der Waals surface area contributed by atoms with Gasteiger partial charge in [-0.25, -0.2) is 17.9 Å². The summed E-state index contributed by atoms with van der Waals surface area (Å²) < 4.78 is 66.2. The highest BCUT2D eigenvalue weighted by Crippen LogP contribution is 2.28. The number of alkyl halides is 3. The van der Waals surface area contributed by atoms with Gasteiger partial charge in [-0.15, -0.1) is 0 Å². The van der Waals surface area contributed by atoms with Gasteiger partial charge in [0.1, 0.15) is 5.75 Å². The SMILES string of the molecule is COc1ccccc1CC(C)(C)NS(=O)(=O)c1ccc(NCCN2CCN(C)C(C)(C)C2)c(Cl)c1.O=C(O)C(F)(F)F. The maximum atomic E-state index is 13.1. The Labute approximate surface area is 251 Å². The number of hydrogen-bond acceptors (Lipinski definition) is 7. The molecule has 2 aromatic rings. The van der Waals surface area contributed by atoms with E-state index in [9.17, 15) is 21.6 Å². The van der Waals surface area contributed by atoms with Crippen molar-refractivity contribution in [3.05, 3.63) is 53.1 Å². The molecule has 0 amide bonds. The fourth-order valence-electron chi connectivity index (χ4n) is 4.47. The Morgan fingerprint density at radius 1 is 1.14 bits per heavy atom. The largest absolute Gasteiger partial charge is 0.496 e. The Bertz CT molecular complexity index is 1320. The van der Waals surface area contributed by atoms with Crippen molar-refractivity contribution in [2.24, 2.45) is 0 Å². The van der Waals surface area contributed by atoms with Gasteiger partial charge in [0.25, 0.3) is 0 Å². The molecule has 236 valence electrons. The predicted octanol–water partition coefficient (Wildman–Crippen LogP) is 4.72. The second-order valence-corrected chi connectivity index (χ2v) is 13.4. The van der Waals surface area contributed by atoms with Crippen molar-refractivity contribution in [2.75, 3.05) is 52.2 Å². The Kier molecular flexibility index (Phi) is 12.1. The number of hydrogen-bond donors (Lipinski definition) is 3. The van der Waals surface area contributed by atoms with Crippen LogP contribution in [-0.4, -0.2) is 93.4 Å². The zero-order chi connectivity index (χ0) is 31.9. The monoisotopic (exact) mass is 636 g/mol. The lowest BCUT2D eigenvalue weighted by Gasteiger charge is -2.45. The lowest BCUT2D eigenvalue weighted by Crippen LogP contribution is -2.58. The summed E-state index contributed by atoms with van der Waals surface area (Å²) in [4.78, 5) is 13.9. The smallest absolute Gasteiger partial charge is 0.490 e. The lowest BCUT2D eigenvalue weighted by molar-refractivity contribution is -0.192. The topological polar surface area (TPSA) is 111 Å². The van der Waals surface area contributed by atoms with Crippen molar-refractivity contribution in [3.63, 3.8) is 0 Å². The quantitative estimate of drug-likeness (QED) is 0.344. The lowest BCUT2D eigenvalue weighted by atomic mass is 9.96. The molecular formula is C28H40ClF3N4O5S. The van der Waals surface area contributed by atoms with E-state index >= 15 is 0 Å². The maximum absolute atomic E-state index is 13.1. The number of carbonyl (C=O) groups is 1. The third kappa shape index (κ3) is 10.6. The van der Waals surface area contributed by atoms with Crippen LogP contribution < -0.4 is 14.8 Å². The Balaban J connectivity index is 0.000000782. The van der Waals surface area contributed by atoms with E-state index in [-0.39, 0.29) is 10.4 Å². The standard InChI is InChI=1S/C26H39ClN4O3S.C2HF3O2/c1-25(2,18-20-9-7-8-10-24(20)34-6)29-35(32,33)21-11-12-23(22(27)17-21)28-13-14-31-16-15-30(5)26(3,4)19-31;3-2(4,5)1(6)7/h7-12,17,28-29H,13-16,18-19H2,1-6H3;(H,6,7). The number of piperazine rings is 1. The highest BCUT2D eigenvalue weighted by Gasteiger charge is 2.38. The summed E-state index contributed by atoms with van der Waals surface area (Å²) in [6.45, 7) is 12.9. The first-order valence-corrected chi connectivity index (χ1v) is 15.1. The minimum atomic E-state index is -5.08. The minimum absolute atomic E-state index is 0.141. The molecule has 0 aromatic heterocycles. The number of carboxylic acid groups (broad SMARTS) is 1. The molecule has 0 radical (unpaired) electrons. The highest BCUT2D eigenvalue weighted by atomic mass is 35.5. The van der Waals surface area contributed by atoms with Gasteiger partial charge in [-0.05, 0) is 71.0 Å². The van der Waals surface area contributed by atoms with Gasteiger partial charge in [0.2, 0.25) is 10.0 Å². The molecule has 42 heavy (non-hydrogen) atoms. The molecule has 1 saturated heterocycles. The van der Waals surface area contributed by atoms with Crippen LogP contribution in [-0.2, 0) is 21.2 Å². The van der Waals surface area contributed by atoms with Crippen LogP contribution in [0.15, 0.2) is 47.4 Å². The molecule has 0 aliphatic carbocycles. The summed E-state index contributed by atoms with van der Waals surface area (Å²) in [5, 5.41) is 10.9. The molecule has 0 saturated carbocycles. The second kappa shape index (κ2) is 14.3. The summed E-state index contributed by atoms with van der Waals surface area (Å²) >= 11 is 6.47. The molecule has 2 aromatic carbocycles. The van der Waals surface area contributed by atoms with Crippen LogP contribution in [0.3, 0.4) is 0 Å².